The highest BCUT2D eigenvalue weighted by atomic mass is 16.6. The Balaban J connectivity index is 1.62. The zero-order valence-electron chi connectivity index (χ0n) is 13.9. The van der Waals surface area contributed by atoms with Crippen LogP contribution in [0.1, 0.15) is 46.5 Å². The van der Waals surface area contributed by atoms with Crippen molar-refractivity contribution in [1.82, 2.24) is 15.1 Å². The molecule has 2 aliphatic rings. The summed E-state index contributed by atoms with van der Waals surface area (Å²) in [6, 6.07) is 0.419. The number of likely N-dealkylation sites (tertiary alicyclic amines) is 2. The third-order valence-electron chi connectivity index (χ3n) is 4.15. The number of carbonyl (C=O) groups is 1. The van der Waals surface area contributed by atoms with Crippen LogP contribution in [0, 0.1) is 0 Å². The van der Waals surface area contributed by atoms with Crippen molar-refractivity contribution in [2.45, 2.75) is 58.1 Å². The van der Waals surface area contributed by atoms with Gasteiger partial charge in [-0.1, -0.05) is 6.42 Å². The topological polar surface area (TPSA) is 44.8 Å². The second-order valence-corrected chi connectivity index (χ2v) is 7.27. The lowest BCUT2D eigenvalue weighted by molar-refractivity contribution is 0.0291. The first-order chi connectivity index (χ1) is 9.94. The molecular formula is C16H31N3O2. The normalized spacial score (nSPS) is 24.3. The Kier molecular flexibility index (Phi) is 5.88. The fourth-order valence-corrected chi connectivity index (χ4v) is 3.03. The molecule has 0 unspecified atom stereocenters. The van der Waals surface area contributed by atoms with Crippen molar-refractivity contribution < 1.29 is 9.53 Å². The number of nitrogens with one attached hydrogen (secondary N) is 1. The fraction of sp³-hybridized carbons (Fsp3) is 0.938. The number of carbonyl (C=O) groups excluding carboxylic acids is 1. The van der Waals surface area contributed by atoms with Gasteiger partial charge in [-0.15, -0.1) is 0 Å². The maximum absolute atomic E-state index is 12.0. The molecule has 0 radical (unpaired) electrons. The molecule has 2 saturated heterocycles. The van der Waals surface area contributed by atoms with E-state index in [1.165, 1.54) is 32.4 Å². The average molecular weight is 297 g/mol. The number of amides is 1. The highest BCUT2D eigenvalue weighted by Crippen LogP contribution is 2.15. The van der Waals surface area contributed by atoms with Crippen molar-refractivity contribution in [3.63, 3.8) is 0 Å². The molecule has 1 N–H and O–H groups in total. The molecule has 0 spiro atoms. The number of hydrogen-bond donors (Lipinski definition) is 1. The van der Waals surface area contributed by atoms with Crippen LogP contribution in [-0.4, -0.2) is 66.8 Å². The van der Waals surface area contributed by atoms with Gasteiger partial charge in [0, 0.05) is 32.2 Å². The Morgan fingerprint density at radius 1 is 1.19 bits per heavy atom. The van der Waals surface area contributed by atoms with E-state index in [4.69, 9.17) is 4.74 Å². The van der Waals surface area contributed by atoms with Gasteiger partial charge < -0.3 is 19.9 Å². The molecular weight excluding hydrogens is 266 g/mol. The summed E-state index contributed by atoms with van der Waals surface area (Å²) in [6.07, 6.45) is 4.92. The summed E-state index contributed by atoms with van der Waals surface area (Å²) < 4.78 is 5.42. The van der Waals surface area contributed by atoms with E-state index in [2.05, 4.69) is 10.2 Å². The predicted octanol–water partition coefficient (Wildman–Crippen LogP) is 2.07. The summed E-state index contributed by atoms with van der Waals surface area (Å²) >= 11 is 0. The van der Waals surface area contributed by atoms with Crippen LogP contribution in [0.3, 0.4) is 0 Å². The molecule has 122 valence electrons. The zero-order chi connectivity index (χ0) is 15.3. The van der Waals surface area contributed by atoms with Crippen LogP contribution in [0.4, 0.5) is 4.79 Å². The SMILES string of the molecule is CC(C)(C)OC(=O)N1CC[C@@H](NCCN2CCCCC2)C1. The Labute approximate surface area is 129 Å². The minimum atomic E-state index is -0.406. The van der Waals surface area contributed by atoms with Crippen LogP contribution in [0.5, 0.6) is 0 Å². The molecule has 1 amide bonds. The van der Waals surface area contributed by atoms with Crippen molar-refractivity contribution in [1.29, 1.82) is 0 Å². The van der Waals surface area contributed by atoms with Crippen LogP contribution in [-0.2, 0) is 4.74 Å². The van der Waals surface area contributed by atoms with Crippen molar-refractivity contribution in [3.8, 4) is 0 Å². The highest BCUT2D eigenvalue weighted by molar-refractivity contribution is 5.68. The molecule has 2 aliphatic heterocycles. The van der Waals surface area contributed by atoms with Gasteiger partial charge in [0.2, 0.25) is 0 Å². The van der Waals surface area contributed by atoms with E-state index < -0.39 is 5.60 Å². The summed E-state index contributed by atoms with van der Waals surface area (Å²) in [7, 11) is 0. The van der Waals surface area contributed by atoms with E-state index >= 15 is 0 Å². The molecule has 2 rings (SSSR count). The quantitative estimate of drug-likeness (QED) is 0.863. The molecule has 2 heterocycles. The molecule has 2 fully saturated rings. The zero-order valence-corrected chi connectivity index (χ0v) is 13.9. The van der Waals surface area contributed by atoms with Gasteiger partial charge in [-0.2, -0.15) is 0 Å². The maximum atomic E-state index is 12.0. The van der Waals surface area contributed by atoms with Crippen molar-refractivity contribution in [2.75, 3.05) is 39.3 Å². The molecule has 0 aliphatic carbocycles. The van der Waals surface area contributed by atoms with Gasteiger partial charge in [-0.25, -0.2) is 4.79 Å². The number of nitrogens with zero attached hydrogens (tertiary/aromatic N) is 2. The lowest BCUT2D eigenvalue weighted by Crippen LogP contribution is -2.41. The average Bonchev–Trinajstić information content (AvgIpc) is 2.87. The third-order valence-corrected chi connectivity index (χ3v) is 4.15. The van der Waals surface area contributed by atoms with Gasteiger partial charge in [-0.3, -0.25) is 0 Å². The maximum Gasteiger partial charge on any atom is 0.410 e. The summed E-state index contributed by atoms with van der Waals surface area (Å²) in [6.45, 7) is 12.0. The largest absolute Gasteiger partial charge is 0.444 e. The molecule has 5 heteroatoms. The van der Waals surface area contributed by atoms with Crippen molar-refractivity contribution >= 4 is 6.09 Å². The second kappa shape index (κ2) is 7.45. The van der Waals surface area contributed by atoms with Crippen molar-refractivity contribution in [2.24, 2.45) is 0 Å². The van der Waals surface area contributed by atoms with Crippen LogP contribution < -0.4 is 5.32 Å². The standard InChI is InChI=1S/C16H31N3O2/c1-16(2,3)21-15(20)19-11-7-14(13-19)17-8-12-18-9-5-4-6-10-18/h14,17H,4-13H2,1-3H3/t14-/m1/s1. The predicted molar refractivity (Wildman–Crippen MR) is 84.5 cm³/mol. The van der Waals surface area contributed by atoms with Gasteiger partial charge >= 0.3 is 6.09 Å². The molecule has 1 atom stereocenters. The van der Waals surface area contributed by atoms with E-state index in [0.717, 1.165) is 32.6 Å². The Morgan fingerprint density at radius 3 is 2.57 bits per heavy atom. The number of hydrogen-bond acceptors (Lipinski definition) is 4. The molecule has 0 aromatic rings. The molecule has 21 heavy (non-hydrogen) atoms. The molecule has 0 saturated carbocycles. The van der Waals surface area contributed by atoms with E-state index in [-0.39, 0.29) is 6.09 Å². The summed E-state index contributed by atoms with van der Waals surface area (Å²) in [5.41, 5.74) is -0.406. The van der Waals surface area contributed by atoms with Crippen LogP contribution in [0.15, 0.2) is 0 Å². The van der Waals surface area contributed by atoms with Crippen LogP contribution in [0.25, 0.3) is 0 Å². The number of piperidine rings is 1. The summed E-state index contributed by atoms with van der Waals surface area (Å²) in [5, 5.41) is 3.59. The van der Waals surface area contributed by atoms with E-state index in [1.807, 2.05) is 25.7 Å². The van der Waals surface area contributed by atoms with Gasteiger partial charge in [0.05, 0.1) is 0 Å². The molecule has 0 aromatic heterocycles. The van der Waals surface area contributed by atoms with Crippen LogP contribution in [0.2, 0.25) is 0 Å². The van der Waals surface area contributed by atoms with Gasteiger partial charge in [-0.05, 0) is 53.1 Å². The first-order valence-corrected chi connectivity index (χ1v) is 8.38. The number of rotatable bonds is 4. The van der Waals surface area contributed by atoms with Gasteiger partial charge in [0.1, 0.15) is 5.60 Å². The summed E-state index contributed by atoms with van der Waals surface area (Å²) in [5.74, 6) is 0. The van der Waals surface area contributed by atoms with Gasteiger partial charge in [0.25, 0.3) is 0 Å². The monoisotopic (exact) mass is 297 g/mol. The van der Waals surface area contributed by atoms with Gasteiger partial charge in [0.15, 0.2) is 0 Å². The fourth-order valence-electron chi connectivity index (χ4n) is 3.03. The molecule has 5 nitrogen and oxygen atoms in total. The second-order valence-electron chi connectivity index (χ2n) is 7.27. The first kappa shape index (κ1) is 16.6. The lowest BCUT2D eigenvalue weighted by atomic mass is 10.1. The van der Waals surface area contributed by atoms with Crippen molar-refractivity contribution in [3.05, 3.63) is 0 Å². The van der Waals surface area contributed by atoms with E-state index in [0.29, 0.717) is 6.04 Å². The lowest BCUT2D eigenvalue weighted by Gasteiger charge is -2.27. The Bertz CT molecular complexity index is 335. The highest BCUT2D eigenvalue weighted by Gasteiger charge is 2.29. The minimum absolute atomic E-state index is 0.178. The minimum Gasteiger partial charge on any atom is -0.444 e. The summed E-state index contributed by atoms with van der Waals surface area (Å²) in [4.78, 5) is 16.4. The third kappa shape index (κ3) is 5.83. The Hall–Kier alpha value is -0.810. The van der Waals surface area contributed by atoms with E-state index in [1.54, 1.807) is 0 Å². The first-order valence-electron chi connectivity index (χ1n) is 8.38. The molecule has 0 bridgehead atoms. The Morgan fingerprint density at radius 2 is 1.90 bits per heavy atom. The van der Waals surface area contributed by atoms with Crippen LogP contribution >= 0.6 is 0 Å². The molecule has 0 aromatic carbocycles. The van der Waals surface area contributed by atoms with E-state index in [9.17, 15) is 4.79 Å². The number of ether oxygens (including phenoxy) is 1. The smallest absolute Gasteiger partial charge is 0.410 e.